The van der Waals surface area contributed by atoms with Gasteiger partial charge in [0.05, 0.1) is 21.3 Å². The SMILES string of the molecule is COC(=O)C(Cc1ccc(OC)cc1)(OC)C(=O)OC. The number of methoxy groups -OCH3 is 4. The Bertz CT molecular complexity index is 449. The molecule has 0 aliphatic rings. The zero-order valence-corrected chi connectivity index (χ0v) is 12.0. The van der Waals surface area contributed by atoms with Crippen LogP contribution in [0.1, 0.15) is 5.56 Å². The topological polar surface area (TPSA) is 71.1 Å². The van der Waals surface area contributed by atoms with E-state index in [-0.39, 0.29) is 6.42 Å². The Morgan fingerprint density at radius 2 is 1.45 bits per heavy atom. The summed E-state index contributed by atoms with van der Waals surface area (Å²) in [5, 5.41) is 0. The number of benzene rings is 1. The van der Waals surface area contributed by atoms with Crippen LogP contribution in [0.5, 0.6) is 5.75 Å². The average Bonchev–Trinajstić information content (AvgIpc) is 2.51. The Hall–Kier alpha value is -2.08. The van der Waals surface area contributed by atoms with Gasteiger partial charge >= 0.3 is 11.9 Å². The predicted molar refractivity (Wildman–Crippen MR) is 70.5 cm³/mol. The molecule has 1 aromatic carbocycles. The summed E-state index contributed by atoms with van der Waals surface area (Å²) in [6.07, 6.45) is 0.00679. The largest absolute Gasteiger partial charge is 0.497 e. The molecular weight excluding hydrogens is 264 g/mol. The molecule has 0 aromatic heterocycles. The fourth-order valence-electron chi connectivity index (χ4n) is 1.83. The van der Waals surface area contributed by atoms with Gasteiger partial charge in [0, 0.05) is 13.5 Å². The third kappa shape index (κ3) is 3.08. The quantitative estimate of drug-likeness (QED) is 0.572. The predicted octanol–water partition coefficient (Wildman–Crippen LogP) is 0.969. The van der Waals surface area contributed by atoms with Gasteiger partial charge in [-0.3, -0.25) is 0 Å². The zero-order valence-electron chi connectivity index (χ0n) is 12.0. The molecule has 0 radical (unpaired) electrons. The van der Waals surface area contributed by atoms with E-state index in [2.05, 4.69) is 9.47 Å². The van der Waals surface area contributed by atoms with E-state index in [0.717, 1.165) is 0 Å². The van der Waals surface area contributed by atoms with E-state index in [1.807, 2.05) is 0 Å². The number of carbonyl (C=O) groups excluding carboxylic acids is 2. The number of ether oxygens (including phenoxy) is 4. The first-order valence-electron chi connectivity index (χ1n) is 5.89. The van der Waals surface area contributed by atoms with Crippen molar-refractivity contribution in [2.45, 2.75) is 12.0 Å². The molecule has 0 aliphatic carbocycles. The number of rotatable bonds is 6. The lowest BCUT2D eigenvalue weighted by atomic mass is 9.94. The second kappa shape index (κ2) is 6.91. The van der Waals surface area contributed by atoms with Crippen molar-refractivity contribution in [3.05, 3.63) is 29.8 Å². The molecule has 0 spiro atoms. The van der Waals surface area contributed by atoms with Crippen molar-refractivity contribution in [3.8, 4) is 5.75 Å². The van der Waals surface area contributed by atoms with Crippen LogP contribution in [0.4, 0.5) is 0 Å². The maximum absolute atomic E-state index is 11.9. The minimum atomic E-state index is -1.81. The van der Waals surface area contributed by atoms with Crippen LogP contribution in [0.2, 0.25) is 0 Å². The molecule has 0 aliphatic heterocycles. The average molecular weight is 282 g/mol. The summed E-state index contributed by atoms with van der Waals surface area (Å²) < 4.78 is 19.5. The maximum atomic E-state index is 11.9. The number of esters is 2. The Balaban J connectivity index is 3.10. The summed E-state index contributed by atoms with van der Waals surface area (Å²) >= 11 is 0. The molecule has 1 aromatic rings. The van der Waals surface area contributed by atoms with Gasteiger partial charge in [-0.2, -0.15) is 0 Å². The molecule has 0 heterocycles. The minimum Gasteiger partial charge on any atom is -0.497 e. The van der Waals surface area contributed by atoms with Gasteiger partial charge in [0.25, 0.3) is 5.60 Å². The fourth-order valence-corrected chi connectivity index (χ4v) is 1.83. The highest BCUT2D eigenvalue weighted by Gasteiger charge is 2.49. The lowest BCUT2D eigenvalue weighted by Crippen LogP contribution is -2.51. The fraction of sp³-hybridized carbons (Fsp3) is 0.429. The molecular formula is C14H18O6. The molecule has 0 bridgehead atoms. The standard InChI is InChI=1S/C14H18O6/c1-17-11-7-5-10(6-8-11)9-14(20-4,12(15)18-2)13(16)19-3/h5-8H,9H2,1-4H3. The van der Waals surface area contributed by atoms with Gasteiger partial charge < -0.3 is 18.9 Å². The van der Waals surface area contributed by atoms with Gasteiger partial charge in [0.15, 0.2) is 0 Å². The van der Waals surface area contributed by atoms with Crippen molar-refractivity contribution in [2.24, 2.45) is 0 Å². The molecule has 0 amide bonds. The van der Waals surface area contributed by atoms with Gasteiger partial charge in [-0.15, -0.1) is 0 Å². The molecule has 110 valence electrons. The lowest BCUT2D eigenvalue weighted by molar-refractivity contribution is -0.184. The Morgan fingerprint density at radius 3 is 1.80 bits per heavy atom. The second-order valence-corrected chi connectivity index (χ2v) is 4.04. The van der Waals surface area contributed by atoms with Crippen LogP contribution in [-0.2, 0) is 30.2 Å². The van der Waals surface area contributed by atoms with Gasteiger partial charge in [-0.05, 0) is 17.7 Å². The van der Waals surface area contributed by atoms with Crippen LogP contribution < -0.4 is 4.74 Å². The van der Waals surface area contributed by atoms with Crippen LogP contribution in [0.15, 0.2) is 24.3 Å². The van der Waals surface area contributed by atoms with Crippen molar-refractivity contribution in [1.82, 2.24) is 0 Å². The number of carbonyl (C=O) groups is 2. The van der Waals surface area contributed by atoms with Gasteiger partial charge in [-0.25, -0.2) is 9.59 Å². The normalized spacial score (nSPS) is 10.8. The zero-order chi connectivity index (χ0) is 15.2. The van der Waals surface area contributed by atoms with E-state index < -0.39 is 17.5 Å². The van der Waals surface area contributed by atoms with Gasteiger partial charge in [-0.1, -0.05) is 12.1 Å². The van der Waals surface area contributed by atoms with Crippen molar-refractivity contribution < 1.29 is 28.5 Å². The lowest BCUT2D eigenvalue weighted by Gasteiger charge is -2.26. The summed E-state index contributed by atoms with van der Waals surface area (Å²) in [7, 11) is 5.19. The molecule has 0 saturated heterocycles. The van der Waals surface area contributed by atoms with Crippen molar-refractivity contribution >= 4 is 11.9 Å². The van der Waals surface area contributed by atoms with E-state index in [1.54, 1.807) is 31.4 Å². The molecule has 0 fully saturated rings. The van der Waals surface area contributed by atoms with Gasteiger partial charge in [0.2, 0.25) is 0 Å². The van der Waals surface area contributed by atoms with E-state index in [1.165, 1.54) is 21.3 Å². The van der Waals surface area contributed by atoms with E-state index >= 15 is 0 Å². The number of hydrogen-bond acceptors (Lipinski definition) is 6. The first-order valence-corrected chi connectivity index (χ1v) is 5.89. The summed E-state index contributed by atoms with van der Waals surface area (Å²) in [6.45, 7) is 0. The molecule has 0 unspecified atom stereocenters. The van der Waals surface area contributed by atoms with Crippen LogP contribution in [0.25, 0.3) is 0 Å². The van der Waals surface area contributed by atoms with Crippen LogP contribution in [0, 0.1) is 0 Å². The molecule has 0 atom stereocenters. The van der Waals surface area contributed by atoms with Crippen molar-refractivity contribution in [2.75, 3.05) is 28.4 Å². The summed E-state index contributed by atoms with van der Waals surface area (Å²) in [6, 6.07) is 6.92. The minimum absolute atomic E-state index is 0.00679. The van der Waals surface area contributed by atoms with Crippen molar-refractivity contribution in [1.29, 1.82) is 0 Å². The van der Waals surface area contributed by atoms with E-state index in [9.17, 15) is 9.59 Å². The van der Waals surface area contributed by atoms with Crippen molar-refractivity contribution in [3.63, 3.8) is 0 Å². The molecule has 0 N–H and O–H groups in total. The Kier molecular flexibility index (Phi) is 5.52. The Labute approximate surface area is 117 Å². The summed E-state index contributed by atoms with van der Waals surface area (Å²) in [4.78, 5) is 23.8. The summed E-state index contributed by atoms with van der Waals surface area (Å²) in [5.74, 6) is -0.932. The molecule has 1 rings (SSSR count). The monoisotopic (exact) mass is 282 g/mol. The first kappa shape index (κ1) is 16.0. The molecule has 6 heteroatoms. The molecule has 20 heavy (non-hydrogen) atoms. The van der Waals surface area contributed by atoms with Crippen LogP contribution in [-0.4, -0.2) is 46.0 Å². The van der Waals surface area contributed by atoms with Gasteiger partial charge in [0.1, 0.15) is 5.75 Å². The van der Waals surface area contributed by atoms with Crippen LogP contribution >= 0.6 is 0 Å². The van der Waals surface area contributed by atoms with E-state index in [0.29, 0.717) is 11.3 Å². The summed E-state index contributed by atoms with van der Waals surface area (Å²) in [5.41, 5.74) is -1.10. The number of hydrogen-bond donors (Lipinski definition) is 0. The first-order chi connectivity index (χ1) is 9.53. The molecule has 6 nitrogen and oxygen atoms in total. The van der Waals surface area contributed by atoms with Crippen LogP contribution in [0.3, 0.4) is 0 Å². The highest BCUT2D eigenvalue weighted by Crippen LogP contribution is 2.23. The smallest absolute Gasteiger partial charge is 0.350 e. The molecule has 0 saturated carbocycles. The third-order valence-electron chi connectivity index (χ3n) is 2.99. The van der Waals surface area contributed by atoms with E-state index in [4.69, 9.17) is 9.47 Å². The second-order valence-electron chi connectivity index (χ2n) is 4.04. The third-order valence-corrected chi connectivity index (χ3v) is 2.99. The Morgan fingerprint density at radius 1 is 0.950 bits per heavy atom. The highest BCUT2D eigenvalue weighted by atomic mass is 16.6. The highest BCUT2D eigenvalue weighted by molar-refractivity contribution is 6.04. The maximum Gasteiger partial charge on any atom is 0.350 e.